The highest BCUT2D eigenvalue weighted by molar-refractivity contribution is 5.82. The smallest absolute Gasteiger partial charge is 0.237 e. The number of hydrogen-bond acceptors (Lipinski definition) is 4. The summed E-state index contributed by atoms with van der Waals surface area (Å²) in [6.07, 6.45) is 9.49. The third kappa shape index (κ3) is 6.19. The van der Waals surface area contributed by atoms with Gasteiger partial charge in [-0.15, -0.1) is 0 Å². The van der Waals surface area contributed by atoms with Crippen molar-refractivity contribution in [2.45, 2.75) is 88.9 Å². The summed E-state index contributed by atoms with van der Waals surface area (Å²) in [5, 5.41) is 10.1. The monoisotopic (exact) mass is 436 g/mol. The Bertz CT molecular complexity index is 596. The summed E-state index contributed by atoms with van der Waals surface area (Å²) in [5.41, 5.74) is 0. The SMILES string of the molecule is O=C(NCCCCC1CCN(C(=O)C2CCCC(F)C2)CC1)C1CC2CNCCC2N1. The average molecular weight is 437 g/mol. The van der Waals surface area contributed by atoms with Gasteiger partial charge in [0.15, 0.2) is 0 Å². The first-order valence-corrected chi connectivity index (χ1v) is 12.8. The molecule has 2 amide bonds. The van der Waals surface area contributed by atoms with Crippen LogP contribution in [0.3, 0.4) is 0 Å². The van der Waals surface area contributed by atoms with Crippen molar-refractivity contribution in [2.24, 2.45) is 17.8 Å². The average Bonchev–Trinajstić information content (AvgIpc) is 3.23. The number of rotatable bonds is 7. The van der Waals surface area contributed by atoms with Crippen LogP contribution in [0.2, 0.25) is 0 Å². The molecular formula is C24H41FN4O2. The number of fused-ring (bicyclic) bond motifs is 1. The third-order valence-electron chi connectivity index (χ3n) is 8.10. The highest BCUT2D eigenvalue weighted by Crippen LogP contribution is 2.30. The second kappa shape index (κ2) is 11.1. The molecule has 0 aromatic carbocycles. The molecule has 0 aromatic rings. The lowest BCUT2D eigenvalue weighted by Gasteiger charge is -2.35. The summed E-state index contributed by atoms with van der Waals surface area (Å²) in [4.78, 5) is 27.1. The number of nitrogens with zero attached hydrogens (tertiary/aromatic N) is 1. The van der Waals surface area contributed by atoms with Crippen LogP contribution < -0.4 is 16.0 Å². The molecule has 1 saturated carbocycles. The van der Waals surface area contributed by atoms with E-state index in [-0.39, 0.29) is 23.8 Å². The molecular weight excluding hydrogens is 395 g/mol. The maximum Gasteiger partial charge on any atom is 0.237 e. The Labute approximate surface area is 186 Å². The van der Waals surface area contributed by atoms with E-state index >= 15 is 0 Å². The first-order chi connectivity index (χ1) is 15.1. The van der Waals surface area contributed by atoms with Crippen LogP contribution >= 0.6 is 0 Å². The predicted molar refractivity (Wildman–Crippen MR) is 119 cm³/mol. The fourth-order valence-corrected chi connectivity index (χ4v) is 6.15. The molecule has 3 aliphatic heterocycles. The van der Waals surface area contributed by atoms with Crippen molar-refractivity contribution in [1.82, 2.24) is 20.9 Å². The summed E-state index contributed by atoms with van der Waals surface area (Å²) >= 11 is 0. The fraction of sp³-hybridized carbons (Fsp3) is 0.917. The zero-order valence-electron chi connectivity index (χ0n) is 18.9. The molecule has 3 saturated heterocycles. The second-order valence-electron chi connectivity index (χ2n) is 10.3. The largest absolute Gasteiger partial charge is 0.355 e. The molecule has 1 aliphatic carbocycles. The van der Waals surface area contributed by atoms with Gasteiger partial charge in [-0.05, 0) is 82.7 Å². The van der Waals surface area contributed by atoms with Gasteiger partial charge in [-0.25, -0.2) is 4.39 Å². The van der Waals surface area contributed by atoms with Gasteiger partial charge in [0.2, 0.25) is 11.8 Å². The molecule has 0 radical (unpaired) electrons. The molecule has 0 bridgehead atoms. The van der Waals surface area contributed by atoms with Crippen LogP contribution in [0.5, 0.6) is 0 Å². The minimum absolute atomic E-state index is 0.0198. The minimum atomic E-state index is -0.786. The Morgan fingerprint density at radius 1 is 1.03 bits per heavy atom. The topological polar surface area (TPSA) is 73.5 Å². The Hall–Kier alpha value is -1.21. The van der Waals surface area contributed by atoms with Crippen LogP contribution in [0.25, 0.3) is 0 Å². The van der Waals surface area contributed by atoms with Gasteiger partial charge in [0.05, 0.1) is 6.04 Å². The zero-order chi connectivity index (χ0) is 21.6. The first kappa shape index (κ1) is 23.0. The Morgan fingerprint density at radius 2 is 1.87 bits per heavy atom. The molecule has 0 spiro atoms. The maximum atomic E-state index is 13.6. The number of piperidine rings is 2. The summed E-state index contributed by atoms with van der Waals surface area (Å²) in [5.74, 6) is 1.54. The van der Waals surface area contributed by atoms with Crippen molar-refractivity contribution in [3.05, 3.63) is 0 Å². The van der Waals surface area contributed by atoms with Crippen LogP contribution in [0, 0.1) is 17.8 Å². The van der Waals surface area contributed by atoms with Crippen LogP contribution in [0.4, 0.5) is 4.39 Å². The van der Waals surface area contributed by atoms with Gasteiger partial charge in [0.1, 0.15) is 6.17 Å². The summed E-state index contributed by atoms with van der Waals surface area (Å²) in [6.45, 7) is 4.50. The molecule has 5 atom stereocenters. The van der Waals surface area contributed by atoms with Gasteiger partial charge >= 0.3 is 0 Å². The van der Waals surface area contributed by atoms with E-state index in [9.17, 15) is 14.0 Å². The normalized spacial score (nSPS) is 34.4. The molecule has 0 aromatic heterocycles. The standard InChI is InChI=1S/C24H41FN4O2/c25-20-6-3-5-18(14-20)24(31)29-12-8-17(9-13-29)4-1-2-10-27-23(30)22-15-19-16-26-11-7-21(19)28-22/h17-22,26,28H,1-16H2,(H,27,30). The number of carbonyl (C=O) groups excluding carboxylic acids is 2. The summed E-state index contributed by atoms with van der Waals surface area (Å²) in [7, 11) is 0. The highest BCUT2D eigenvalue weighted by atomic mass is 19.1. The van der Waals surface area contributed by atoms with E-state index in [0.29, 0.717) is 30.7 Å². The molecule has 7 heteroatoms. The number of halogens is 1. The minimum Gasteiger partial charge on any atom is -0.355 e. The van der Waals surface area contributed by atoms with E-state index < -0.39 is 6.17 Å². The third-order valence-corrected chi connectivity index (χ3v) is 8.10. The Morgan fingerprint density at radius 3 is 2.65 bits per heavy atom. The van der Waals surface area contributed by atoms with E-state index in [2.05, 4.69) is 16.0 Å². The summed E-state index contributed by atoms with van der Waals surface area (Å²) < 4.78 is 13.6. The van der Waals surface area contributed by atoms with Crippen LogP contribution in [-0.2, 0) is 9.59 Å². The molecule has 3 heterocycles. The molecule has 3 N–H and O–H groups in total. The summed E-state index contributed by atoms with van der Waals surface area (Å²) in [6, 6.07) is 0.486. The number of amides is 2. The molecule has 176 valence electrons. The predicted octanol–water partition coefficient (Wildman–Crippen LogP) is 2.38. The molecule has 4 fully saturated rings. The van der Waals surface area contributed by atoms with Gasteiger partial charge in [-0.1, -0.05) is 12.8 Å². The zero-order valence-corrected chi connectivity index (χ0v) is 18.9. The van der Waals surface area contributed by atoms with E-state index in [0.717, 1.165) is 84.1 Å². The molecule has 5 unspecified atom stereocenters. The first-order valence-electron chi connectivity index (χ1n) is 12.8. The van der Waals surface area contributed by atoms with Crippen molar-refractivity contribution in [3.8, 4) is 0 Å². The number of likely N-dealkylation sites (tertiary alicyclic amines) is 1. The molecule has 4 rings (SSSR count). The lowest BCUT2D eigenvalue weighted by molar-refractivity contribution is -0.138. The Kier molecular flexibility index (Phi) is 8.21. The molecule has 31 heavy (non-hydrogen) atoms. The van der Waals surface area contributed by atoms with Crippen molar-refractivity contribution in [2.75, 3.05) is 32.7 Å². The quantitative estimate of drug-likeness (QED) is 0.536. The van der Waals surface area contributed by atoms with Crippen LogP contribution in [0.15, 0.2) is 0 Å². The second-order valence-corrected chi connectivity index (χ2v) is 10.3. The number of nitrogens with one attached hydrogen (secondary N) is 3. The van der Waals surface area contributed by atoms with Gasteiger partial charge < -0.3 is 20.9 Å². The van der Waals surface area contributed by atoms with Gasteiger partial charge in [0.25, 0.3) is 0 Å². The number of hydrogen-bond donors (Lipinski definition) is 3. The van der Waals surface area contributed by atoms with E-state index in [1.54, 1.807) is 0 Å². The lowest BCUT2D eigenvalue weighted by atomic mass is 9.85. The van der Waals surface area contributed by atoms with Crippen molar-refractivity contribution in [3.63, 3.8) is 0 Å². The van der Waals surface area contributed by atoms with Crippen molar-refractivity contribution in [1.29, 1.82) is 0 Å². The van der Waals surface area contributed by atoms with Crippen molar-refractivity contribution >= 4 is 11.8 Å². The van der Waals surface area contributed by atoms with Crippen molar-refractivity contribution < 1.29 is 14.0 Å². The maximum absolute atomic E-state index is 13.6. The highest BCUT2D eigenvalue weighted by Gasteiger charge is 2.38. The molecule has 6 nitrogen and oxygen atoms in total. The van der Waals surface area contributed by atoms with E-state index in [4.69, 9.17) is 0 Å². The fourth-order valence-electron chi connectivity index (χ4n) is 6.15. The lowest BCUT2D eigenvalue weighted by Crippen LogP contribution is -2.45. The number of carbonyl (C=O) groups is 2. The van der Waals surface area contributed by atoms with Gasteiger partial charge in [-0.3, -0.25) is 9.59 Å². The number of alkyl halides is 1. The molecule has 4 aliphatic rings. The van der Waals surface area contributed by atoms with Crippen LogP contribution in [-0.4, -0.2) is 67.7 Å². The number of unbranched alkanes of at least 4 members (excludes halogenated alkanes) is 1. The Balaban J connectivity index is 1.06. The van der Waals surface area contributed by atoms with E-state index in [1.807, 2.05) is 4.90 Å². The van der Waals surface area contributed by atoms with Gasteiger partial charge in [0, 0.05) is 31.6 Å². The van der Waals surface area contributed by atoms with E-state index in [1.165, 1.54) is 6.42 Å². The van der Waals surface area contributed by atoms with Crippen LogP contribution in [0.1, 0.15) is 70.6 Å². The van der Waals surface area contributed by atoms with Gasteiger partial charge in [-0.2, -0.15) is 0 Å².